The Kier molecular flexibility index (Phi) is 4.74. The first kappa shape index (κ1) is 17.3. The van der Waals surface area contributed by atoms with Crippen LogP contribution >= 0.6 is 0 Å². The number of nitrogens with zero attached hydrogens (tertiary/aromatic N) is 2. The van der Waals surface area contributed by atoms with Gasteiger partial charge in [0.2, 0.25) is 0 Å². The number of aromatic nitrogens is 2. The van der Waals surface area contributed by atoms with Gasteiger partial charge in [-0.15, -0.1) is 0 Å². The zero-order chi connectivity index (χ0) is 18.7. The third-order valence-corrected chi connectivity index (χ3v) is 3.62. The lowest BCUT2D eigenvalue weighted by Crippen LogP contribution is -2.05. The van der Waals surface area contributed by atoms with Crippen LogP contribution < -0.4 is 16.4 Å². The molecular formula is C18H15F2N5O. The molecule has 6 nitrogen and oxygen atoms in total. The van der Waals surface area contributed by atoms with Gasteiger partial charge in [0.1, 0.15) is 12.0 Å². The number of hydrogen-bond donors (Lipinski definition) is 3. The summed E-state index contributed by atoms with van der Waals surface area (Å²) in [6.45, 7) is 1.49. The molecule has 0 radical (unpaired) electrons. The predicted octanol–water partition coefficient (Wildman–Crippen LogP) is 4.03. The van der Waals surface area contributed by atoms with E-state index in [0.717, 1.165) is 12.1 Å². The first-order valence-electron chi connectivity index (χ1n) is 7.64. The number of nitrogen functional groups attached to an aromatic ring is 1. The van der Waals surface area contributed by atoms with Crippen LogP contribution in [-0.4, -0.2) is 15.8 Å². The minimum atomic E-state index is -0.980. The van der Waals surface area contributed by atoms with Gasteiger partial charge >= 0.3 is 0 Å². The summed E-state index contributed by atoms with van der Waals surface area (Å²) in [7, 11) is 0. The molecule has 0 amide bonds. The van der Waals surface area contributed by atoms with E-state index in [9.17, 15) is 13.6 Å². The highest BCUT2D eigenvalue weighted by Crippen LogP contribution is 2.28. The normalized spacial score (nSPS) is 10.4. The van der Waals surface area contributed by atoms with E-state index in [4.69, 9.17) is 5.73 Å². The number of benzene rings is 2. The molecule has 26 heavy (non-hydrogen) atoms. The Balaban J connectivity index is 1.82. The summed E-state index contributed by atoms with van der Waals surface area (Å²) >= 11 is 0. The number of carbonyl (C=O) groups excluding carboxylic acids is 1. The molecule has 0 spiro atoms. The van der Waals surface area contributed by atoms with E-state index in [-0.39, 0.29) is 17.3 Å². The van der Waals surface area contributed by atoms with Crippen LogP contribution in [0.5, 0.6) is 0 Å². The SMILES string of the molecule is CC(=O)c1ccc(Nc2ncnc(Nc3ccc(F)c(F)c3)c2N)cc1. The molecule has 0 saturated carbocycles. The lowest BCUT2D eigenvalue weighted by atomic mass is 10.1. The zero-order valence-electron chi connectivity index (χ0n) is 13.8. The second-order valence-electron chi connectivity index (χ2n) is 5.50. The topological polar surface area (TPSA) is 92.9 Å². The number of Topliss-reactive ketones (excluding diaryl/α,β-unsaturated/α-hetero) is 1. The number of carbonyl (C=O) groups is 1. The van der Waals surface area contributed by atoms with E-state index in [1.54, 1.807) is 24.3 Å². The molecule has 4 N–H and O–H groups in total. The molecule has 3 rings (SSSR count). The maximum absolute atomic E-state index is 13.3. The number of halogens is 2. The Morgan fingerprint density at radius 1 is 0.923 bits per heavy atom. The minimum absolute atomic E-state index is 0.0314. The van der Waals surface area contributed by atoms with Crippen LogP contribution in [0.2, 0.25) is 0 Å². The van der Waals surface area contributed by atoms with Gasteiger partial charge in [-0.05, 0) is 43.3 Å². The molecular weight excluding hydrogens is 340 g/mol. The molecule has 0 saturated heterocycles. The van der Waals surface area contributed by atoms with E-state index in [0.29, 0.717) is 22.8 Å². The van der Waals surface area contributed by atoms with Crippen molar-refractivity contribution >= 4 is 34.5 Å². The molecule has 0 aliphatic carbocycles. The average Bonchev–Trinajstić information content (AvgIpc) is 2.62. The standard InChI is InChI=1S/C18H15F2N5O/c1-10(26)11-2-4-12(5-3-11)24-17-16(21)18(23-9-22-17)25-13-6-7-14(19)15(20)8-13/h2-9H,21H2,1H3,(H2,22,23,24,25). The van der Waals surface area contributed by atoms with Gasteiger partial charge in [-0.3, -0.25) is 4.79 Å². The predicted molar refractivity (Wildman–Crippen MR) is 95.8 cm³/mol. The molecule has 1 aromatic heterocycles. The van der Waals surface area contributed by atoms with Crippen molar-refractivity contribution in [3.63, 3.8) is 0 Å². The lowest BCUT2D eigenvalue weighted by molar-refractivity contribution is 0.101. The van der Waals surface area contributed by atoms with Crippen LogP contribution in [0.1, 0.15) is 17.3 Å². The van der Waals surface area contributed by atoms with Gasteiger partial charge in [0.05, 0.1) is 0 Å². The molecule has 1 heterocycles. The molecule has 0 unspecified atom stereocenters. The summed E-state index contributed by atoms with van der Waals surface area (Å²) in [5.74, 6) is -1.38. The Morgan fingerprint density at radius 2 is 1.50 bits per heavy atom. The first-order chi connectivity index (χ1) is 12.4. The van der Waals surface area contributed by atoms with Crippen molar-refractivity contribution in [1.82, 2.24) is 9.97 Å². The van der Waals surface area contributed by atoms with Gasteiger partial charge in [-0.1, -0.05) is 0 Å². The Bertz CT molecular complexity index is 960. The fraction of sp³-hybridized carbons (Fsp3) is 0.0556. The van der Waals surface area contributed by atoms with Crippen molar-refractivity contribution in [2.45, 2.75) is 6.92 Å². The second kappa shape index (κ2) is 7.14. The number of ketones is 1. The van der Waals surface area contributed by atoms with Crippen molar-refractivity contribution in [1.29, 1.82) is 0 Å². The number of nitrogens with two attached hydrogens (primary N) is 1. The van der Waals surface area contributed by atoms with Crippen molar-refractivity contribution in [2.75, 3.05) is 16.4 Å². The summed E-state index contributed by atoms with van der Waals surface area (Å²) in [4.78, 5) is 19.4. The van der Waals surface area contributed by atoms with E-state index in [1.807, 2.05) is 0 Å². The third-order valence-electron chi connectivity index (χ3n) is 3.62. The van der Waals surface area contributed by atoms with Gasteiger partial charge in [0, 0.05) is 23.0 Å². The van der Waals surface area contributed by atoms with Gasteiger partial charge in [0.15, 0.2) is 29.1 Å². The van der Waals surface area contributed by atoms with Gasteiger partial charge < -0.3 is 16.4 Å². The number of rotatable bonds is 5. The lowest BCUT2D eigenvalue weighted by Gasteiger charge is -2.13. The first-order valence-corrected chi connectivity index (χ1v) is 7.64. The molecule has 0 fully saturated rings. The maximum Gasteiger partial charge on any atom is 0.160 e. The Morgan fingerprint density at radius 3 is 2.08 bits per heavy atom. The summed E-state index contributed by atoms with van der Waals surface area (Å²) < 4.78 is 26.3. The monoisotopic (exact) mass is 355 g/mol. The molecule has 0 aliphatic rings. The Hall–Kier alpha value is -3.55. The number of anilines is 5. The quantitative estimate of drug-likeness (QED) is 0.599. The fourth-order valence-electron chi connectivity index (χ4n) is 2.23. The molecule has 2 aromatic carbocycles. The highest BCUT2D eigenvalue weighted by Gasteiger charge is 2.10. The van der Waals surface area contributed by atoms with Crippen LogP contribution in [0.3, 0.4) is 0 Å². The zero-order valence-corrected chi connectivity index (χ0v) is 13.8. The van der Waals surface area contributed by atoms with E-state index in [2.05, 4.69) is 20.6 Å². The highest BCUT2D eigenvalue weighted by molar-refractivity contribution is 5.94. The third kappa shape index (κ3) is 3.75. The molecule has 3 aromatic rings. The molecule has 132 valence electrons. The largest absolute Gasteiger partial charge is 0.393 e. The van der Waals surface area contributed by atoms with Gasteiger partial charge in [0.25, 0.3) is 0 Å². The van der Waals surface area contributed by atoms with Crippen molar-refractivity contribution < 1.29 is 13.6 Å². The molecule has 8 heteroatoms. The van der Waals surface area contributed by atoms with Crippen LogP contribution in [-0.2, 0) is 0 Å². The minimum Gasteiger partial charge on any atom is -0.393 e. The summed E-state index contributed by atoms with van der Waals surface area (Å²) in [6.07, 6.45) is 1.28. The summed E-state index contributed by atoms with van der Waals surface area (Å²) in [5, 5.41) is 5.85. The van der Waals surface area contributed by atoms with Gasteiger partial charge in [-0.25, -0.2) is 18.7 Å². The molecule has 0 atom stereocenters. The van der Waals surface area contributed by atoms with Gasteiger partial charge in [-0.2, -0.15) is 0 Å². The van der Waals surface area contributed by atoms with Crippen LogP contribution in [0.4, 0.5) is 37.5 Å². The average molecular weight is 355 g/mol. The van der Waals surface area contributed by atoms with E-state index in [1.165, 1.54) is 19.3 Å². The second-order valence-corrected chi connectivity index (χ2v) is 5.50. The molecule has 0 bridgehead atoms. The van der Waals surface area contributed by atoms with Crippen molar-refractivity contribution in [3.8, 4) is 0 Å². The van der Waals surface area contributed by atoms with Crippen molar-refractivity contribution in [2.24, 2.45) is 0 Å². The number of nitrogens with one attached hydrogen (secondary N) is 2. The summed E-state index contributed by atoms with van der Waals surface area (Å²) in [5.41, 5.74) is 7.82. The fourth-order valence-corrected chi connectivity index (χ4v) is 2.23. The maximum atomic E-state index is 13.3. The van der Waals surface area contributed by atoms with Crippen molar-refractivity contribution in [3.05, 3.63) is 66.0 Å². The Labute approximate surface area is 148 Å². The van der Waals surface area contributed by atoms with E-state index < -0.39 is 11.6 Å². The summed E-state index contributed by atoms with van der Waals surface area (Å²) in [6, 6.07) is 10.2. The van der Waals surface area contributed by atoms with E-state index >= 15 is 0 Å². The number of hydrogen-bond acceptors (Lipinski definition) is 6. The highest BCUT2D eigenvalue weighted by atomic mass is 19.2. The van der Waals surface area contributed by atoms with Crippen LogP contribution in [0.25, 0.3) is 0 Å². The van der Waals surface area contributed by atoms with Crippen LogP contribution in [0.15, 0.2) is 48.8 Å². The van der Waals surface area contributed by atoms with Crippen LogP contribution in [0, 0.1) is 11.6 Å². The smallest absolute Gasteiger partial charge is 0.160 e. The molecule has 0 aliphatic heterocycles.